The summed E-state index contributed by atoms with van der Waals surface area (Å²) in [5.41, 5.74) is 3.42. The van der Waals surface area contributed by atoms with Crippen molar-refractivity contribution < 1.29 is 19.2 Å². The second-order valence-corrected chi connectivity index (χ2v) is 9.44. The average Bonchev–Trinajstić information content (AvgIpc) is 3.28. The van der Waals surface area contributed by atoms with Crippen molar-refractivity contribution in [1.82, 2.24) is 4.90 Å². The SMILES string of the molecule is CC[C@@H](C(=O)Nc1ccc2c(c1)C(=O)c1ccccc1-2)N1C(=O)[C@@H]2[C@H](C1=O)[C@H]1C=C[C@H]2CC1. The van der Waals surface area contributed by atoms with Crippen LogP contribution in [-0.4, -0.2) is 34.4 Å². The topological polar surface area (TPSA) is 83.6 Å². The molecule has 2 bridgehead atoms. The third kappa shape index (κ3) is 2.79. The Morgan fingerprint density at radius 2 is 1.52 bits per heavy atom. The molecule has 6 heteroatoms. The van der Waals surface area contributed by atoms with E-state index in [9.17, 15) is 19.2 Å². The van der Waals surface area contributed by atoms with Crippen molar-refractivity contribution in [2.75, 3.05) is 5.32 Å². The standard InChI is InChI=1S/C27H24N2O4/c1-2-21(29-26(32)22-14-7-8-15(10-9-14)23(22)27(29)33)25(31)28-16-11-12-18-17-5-3-4-6-19(17)24(30)20(18)13-16/h3-8,11-15,21-23H,2,9-10H2,1H3,(H,28,31)/t14-,15-,21-,22-,23+/m0/s1. The van der Waals surface area contributed by atoms with E-state index in [1.54, 1.807) is 18.2 Å². The van der Waals surface area contributed by atoms with E-state index in [2.05, 4.69) is 17.5 Å². The number of likely N-dealkylation sites (tertiary alicyclic amines) is 1. The first-order valence-electron chi connectivity index (χ1n) is 11.6. The number of carbonyl (C=O) groups excluding carboxylic acids is 4. The summed E-state index contributed by atoms with van der Waals surface area (Å²) >= 11 is 0. The number of amides is 3. The molecule has 1 N–H and O–H groups in total. The Morgan fingerprint density at radius 3 is 2.12 bits per heavy atom. The molecule has 1 aliphatic heterocycles. The predicted octanol–water partition coefficient (Wildman–Crippen LogP) is 3.81. The molecule has 4 aliphatic carbocycles. The fraction of sp³-hybridized carbons (Fsp3) is 0.333. The smallest absolute Gasteiger partial charge is 0.247 e. The van der Waals surface area contributed by atoms with Crippen LogP contribution in [0.15, 0.2) is 54.6 Å². The first-order chi connectivity index (χ1) is 16.0. The zero-order valence-electron chi connectivity index (χ0n) is 18.3. The normalized spacial score (nSPS) is 27.4. The molecule has 5 aliphatic rings. The molecule has 0 aromatic heterocycles. The monoisotopic (exact) mass is 440 g/mol. The molecule has 1 saturated heterocycles. The minimum atomic E-state index is -0.865. The number of imide groups is 1. The summed E-state index contributed by atoms with van der Waals surface area (Å²) in [5, 5.41) is 2.85. The molecule has 5 atom stereocenters. The Kier molecular flexibility index (Phi) is 4.41. The number of anilines is 1. The van der Waals surface area contributed by atoms with Crippen molar-refractivity contribution in [3.63, 3.8) is 0 Å². The van der Waals surface area contributed by atoms with Gasteiger partial charge >= 0.3 is 0 Å². The molecule has 7 rings (SSSR count). The molecular formula is C27H24N2O4. The van der Waals surface area contributed by atoms with Crippen LogP contribution in [0.4, 0.5) is 5.69 Å². The highest BCUT2D eigenvalue weighted by Crippen LogP contribution is 2.50. The molecule has 33 heavy (non-hydrogen) atoms. The molecule has 166 valence electrons. The summed E-state index contributed by atoms with van der Waals surface area (Å²) in [6, 6.07) is 11.9. The predicted molar refractivity (Wildman–Crippen MR) is 122 cm³/mol. The van der Waals surface area contributed by atoms with Crippen molar-refractivity contribution in [2.45, 2.75) is 32.2 Å². The molecule has 0 spiro atoms. The number of hydrogen-bond acceptors (Lipinski definition) is 4. The van der Waals surface area contributed by atoms with Crippen LogP contribution in [-0.2, 0) is 14.4 Å². The number of carbonyl (C=O) groups is 4. The minimum absolute atomic E-state index is 0.0688. The van der Waals surface area contributed by atoms with Gasteiger partial charge in [0.15, 0.2) is 5.78 Å². The summed E-state index contributed by atoms with van der Waals surface area (Å²) in [6.07, 6.45) is 6.32. The number of allylic oxidation sites excluding steroid dienone is 2. The van der Waals surface area contributed by atoms with Gasteiger partial charge < -0.3 is 5.32 Å². The number of hydrogen-bond donors (Lipinski definition) is 1. The van der Waals surface area contributed by atoms with Gasteiger partial charge in [0, 0.05) is 16.8 Å². The lowest BCUT2D eigenvalue weighted by Crippen LogP contribution is -2.47. The van der Waals surface area contributed by atoms with Crippen molar-refractivity contribution in [3.05, 3.63) is 65.7 Å². The van der Waals surface area contributed by atoms with E-state index >= 15 is 0 Å². The third-order valence-electron chi connectivity index (χ3n) is 7.79. The van der Waals surface area contributed by atoms with Gasteiger partial charge in [-0.15, -0.1) is 0 Å². The van der Waals surface area contributed by atoms with E-state index < -0.39 is 11.9 Å². The first kappa shape index (κ1) is 20.1. The summed E-state index contributed by atoms with van der Waals surface area (Å²) < 4.78 is 0. The van der Waals surface area contributed by atoms with Crippen LogP contribution in [0, 0.1) is 23.7 Å². The second kappa shape index (κ2) is 7.24. The van der Waals surface area contributed by atoms with Gasteiger partial charge in [-0.05, 0) is 54.4 Å². The molecule has 1 saturated carbocycles. The van der Waals surface area contributed by atoms with Crippen LogP contribution in [0.5, 0.6) is 0 Å². The molecular weight excluding hydrogens is 416 g/mol. The molecule has 1 heterocycles. The number of rotatable bonds is 4. The van der Waals surface area contributed by atoms with Gasteiger partial charge in [-0.2, -0.15) is 0 Å². The van der Waals surface area contributed by atoms with E-state index in [-0.39, 0.29) is 41.3 Å². The van der Waals surface area contributed by atoms with E-state index in [4.69, 9.17) is 0 Å². The lowest BCUT2D eigenvalue weighted by molar-refractivity contribution is -0.146. The van der Waals surface area contributed by atoms with Gasteiger partial charge in [0.25, 0.3) is 0 Å². The van der Waals surface area contributed by atoms with Crippen LogP contribution in [0.2, 0.25) is 0 Å². The Labute approximate surface area is 191 Å². The highest BCUT2D eigenvalue weighted by atomic mass is 16.2. The highest BCUT2D eigenvalue weighted by Gasteiger charge is 2.58. The average molecular weight is 440 g/mol. The quantitative estimate of drug-likeness (QED) is 0.494. The summed E-state index contributed by atoms with van der Waals surface area (Å²) in [7, 11) is 0. The third-order valence-corrected chi connectivity index (χ3v) is 7.79. The van der Waals surface area contributed by atoms with Crippen molar-refractivity contribution in [2.24, 2.45) is 23.7 Å². The van der Waals surface area contributed by atoms with Gasteiger partial charge in [-0.3, -0.25) is 24.1 Å². The lowest BCUT2D eigenvalue weighted by atomic mass is 9.63. The Bertz CT molecular complexity index is 1230. The summed E-state index contributed by atoms with van der Waals surface area (Å²) in [6.45, 7) is 1.81. The fourth-order valence-electron chi connectivity index (χ4n) is 6.22. The minimum Gasteiger partial charge on any atom is -0.324 e. The van der Waals surface area contributed by atoms with Gasteiger partial charge in [0.05, 0.1) is 11.8 Å². The molecule has 2 fully saturated rings. The first-order valence-corrected chi connectivity index (χ1v) is 11.6. The molecule has 0 unspecified atom stereocenters. The molecule has 2 aromatic carbocycles. The van der Waals surface area contributed by atoms with Crippen molar-refractivity contribution >= 4 is 29.2 Å². The number of benzene rings is 2. The van der Waals surface area contributed by atoms with E-state index in [0.29, 0.717) is 23.2 Å². The summed E-state index contributed by atoms with van der Waals surface area (Å²) in [5.74, 6) is -1.39. The fourth-order valence-corrected chi connectivity index (χ4v) is 6.22. The van der Waals surface area contributed by atoms with Crippen LogP contribution in [0.25, 0.3) is 11.1 Å². The van der Waals surface area contributed by atoms with E-state index in [1.165, 1.54) is 4.90 Å². The van der Waals surface area contributed by atoms with Crippen molar-refractivity contribution in [3.8, 4) is 11.1 Å². The van der Waals surface area contributed by atoms with Crippen LogP contribution < -0.4 is 5.32 Å². The van der Waals surface area contributed by atoms with Gasteiger partial charge in [-0.1, -0.05) is 49.4 Å². The van der Waals surface area contributed by atoms with Crippen LogP contribution >= 0.6 is 0 Å². The van der Waals surface area contributed by atoms with Gasteiger partial charge in [-0.25, -0.2) is 0 Å². The van der Waals surface area contributed by atoms with Crippen LogP contribution in [0.3, 0.4) is 0 Å². The number of fused-ring (bicyclic) bond motifs is 4. The number of ketones is 1. The van der Waals surface area contributed by atoms with E-state index in [0.717, 1.165) is 24.0 Å². The Hall–Kier alpha value is -3.54. The Balaban J connectivity index is 1.25. The molecule has 3 amide bonds. The zero-order chi connectivity index (χ0) is 22.9. The van der Waals surface area contributed by atoms with Gasteiger partial charge in [0.2, 0.25) is 17.7 Å². The molecule has 0 radical (unpaired) electrons. The Morgan fingerprint density at radius 1 is 0.909 bits per heavy atom. The highest BCUT2D eigenvalue weighted by molar-refractivity contribution is 6.22. The molecule has 2 aromatic rings. The van der Waals surface area contributed by atoms with Gasteiger partial charge in [0.1, 0.15) is 6.04 Å². The second-order valence-electron chi connectivity index (χ2n) is 9.44. The number of nitrogens with zero attached hydrogens (tertiary/aromatic N) is 1. The molecule has 6 nitrogen and oxygen atoms in total. The maximum atomic E-state index is 13.3. The maximum Gasteiger partial charge on any atom is 0.247 e. The largest absolute Gasteiger partial charge is 0.324 e. The lowest BCUT2D eigenvalue weighted by Gasteiger charge is -2.38. The van der Waals surface area contributed by atoms with Crippen LogP contribution in [0.1, 0.15) is 42.1 Å². The maximum absolute atomic E-state index is 13.3. The van der Waals surface area contributed by atoms with Crippen molar-refractivity contribution in [1.29, 1.82) is 0 Å². The number of nitrogens with one attached hydrogen (secondary N) is 1. The zero-order valence-corrected chi connectivity index (χ0v) is 18.3. The van der Waals surface area contributed by atoms with E-state index in [1.807, 2.05) is 31.2 Å². The summed E-state index contributed by atoms with van der Waals surface area (Å²) in [4.78, 5) is 53.8.